The molecule has 0 spiro atoms. The van der Waals surface area contributed by atoms with Crippen molar-refractivity contribution < 1.29 is 18.0 Å². The molecule has 0 saturated heterocycles. The number of aromatic nitrogens is 1. The summed E-state index contributed by atoms with van der Waals surface area (Å²) >= 11 is 16.8. The summed E-state index contributed by atoms with van der Waals surface area (Å²) in [6, 6.07) is 7.10. The largest absolute Gasteiger partial charge is 0.417 e. The van der Waals surface area contributed by atoms with Gasteiger partial charge in [0.05, 0.1) is 21.2 Å². The minimum absolute atomic E-state index is 0.00555. The zero-order valence-corrected chi connectivity index (χ0v) is 15.4. The van der Waals surface area contributed by atoms with Gasteiger partial charge in [-0.1, -0.05) is 35.3 Å². The first kappa shape index (κ1) is 20.2. The van der Waals surface area contributed by atoms with E-state index in [1.165, 1.54) is 18.1 Å². The van der Waals surface area contributed by atoms with Crippen molar-refractivity contribution in [2.45, 2.75) is 6.18 Å². The fourth-order valence-electron chi connectivity index (χ4n) is 1.88. The number of anilines is 1. The normalized spacial score (nSPS) is 11.0. The highest BCUT2D eigenvalue weighted by molar-refractivity contribution is 7.80. The van der Waals surface area contributed by atoms with E-state index in [4.69, 9.17) is 35.4 Å². The van der Waals surface area contributed by atoms with Gasteiger partial charge in [0.25, 0.3) is 5.91 Å². The first-order valence-corrected chi connectivity index (χ1v) is 8.09. The van der Waals surface area contributed by atoms with Gasteiger partial charge in [-0.3, -0.25) is 20.5 Å². The SMILES string of the molecule is CN(NC(=S)NC(=O)c1ccccc1Cl)c1ncc(C(F)(F)F)cc1Cl. The molecule has 26 heavy (non-hydrogen) atoms. The molecule has 11 heteroatoms. The molecule has 1 amide bonds. The molecule has 2 aromatic rings. The van der Waals surface area contributed by atoms with Crippen LogP contribution in [0.25, 0.3) is 0 Å². The fourth-order valence-corrected chi connectivity index (χ4v) is 2.63. The van der Waals surface area contributed by atoms with Gasteiger partial charge in [0.1, 0.15) is 0 Å². The Kier molecular flexibility index (Phi) is 6.27. The standard InChI is InChI=1S/C15H11Cl2F3N4OS/c1-24(12-11(17)6-8(7-21-12)15(18,19)20)23-14(26)22-13(25)9-4-2-3-5-10(9)16/h2-7H,1H3,(H2,22,23,25,26). The number of carbonyl (C=O) groups is 1. The van der Waals surface area contributed by atoms with Crippen LogP contribution in [0, 0.1) is 0 Å². The van der Waals surface area contributed by atoms with Crippen molar-refractivity contribution in [2.24, 2.45) is 0 Å². The van der Waals surface area contributed by atoms with Crippen molar-refractivity contribution in [3.05, 3.63) is 57.7 Å². The van der Waals surface area contributed by atoms with Gasteiger partial charge in [-0.2, -0.15) is 13.2 Å². The highest BCUT2D eigenvalue weighted by atomic mass is 35.5. The Bertz CT molecular complexity index is 848. The molecule has 0 fully saturated rings. The Morgan fingerprint density at radius 1 is 1.23 bits per heavy atom. The third-order valence-corrected chi connectivity index (χ3v) is 3.88. The highest BCUT2D eigenvalue weighted by Crippen LogP contribution is 2.32. The third-order valence-electron chi connectivity index (χ3n) is 3.08. The van der Waals surface area contributed by atoms with Crippen LogP contribution in [-0.4, -0.2) is 23.1 Å². The number of benzene rings is 1. The summed E-state index contributed by atoms with van der Waals surface area (Å²) in [6.45, 7) is 0. The molecule has 2 rings (SSSR count). The number of carbonyl (C=O) groups excluding carboxylic acids is 1. The van der Waals surface area contributed by atoms with Crippen molar-refractivity contribution in [3.8, 4) is 0 Å². The Morgan fingerprint density at radius 3 is 2.46 bits per heavy atom. The Labute approximate surface area is 162 Å². The lowest BCUT2D eigenvalue weighted by Crippen LogP contribution is -2.47. The molecule has 0 atom stereocenters. The van der Waals surface area contributed by atoms with Crippen molar-refractivity contribution in [1.82, 2.24) is 15.7 Å². The minimum atomic E-state index is -4.56. The second-order valence-electron chi connectivity index (χ2n) is 4.96. The molecular formula is C15H11Cl2F3N4OS. The van der Waals surface area contributed by atoms with Crippen LogP contribution in [-0.2, 0) is 6.18 Å². The summed E-state index contributed by atoms with van der Waals surface area (Å²) in [6.07, 6.45) is -3.91. The molecule has 0 aliphatic heterocycles. The fraction of sp³-hybridized carbons (Fsp3) is 0.133. The van der Waals surface area contributed by atoms with E-state index in [2.05, 4.69) is 15.7 Å². The van der Waals surface area contributed by atoms with E-state index in [9.17, 15) is 18.0 Å². The number of nitrogens with zero attached hydrogens (tertiary/aromatic N) is 2. The molecule has 0 radical (unpaired) electrons. The van der Waals surface area contributed by atoms with E-state index < -0.39 is 17.6 Å². The van der Waals surface area contributed by atoms with Gasteiger partial charge in [0.2, 0.25) is 0 Å². The van der Waals surface area contributed by atoms with E-state index in [1.807, 2.05) is 0 Å². The van der Waals surface area contributed by atoms with Crippen LogP contribution in [0.5, 0.6) is 0 Å². The lowest BCUT2D eigenvalue weighted by Gasteiger charge is -2.22. The van der Waals surface area contributed by atoms with Gasteiger partial charge in [-0.05, 0) is 30.4 Å². The Hall–Kier alpha value is -2.10. The van der Waals surface area contributed by atoms with Gasteiger partial charge in [-0.15, -0.1) is 0 Å². The molecule has 1 heterocycles. The third kappa shape index (κ3) is 4.96. The minimum Gasteiger partial charge on any atom is -0.298 e. The van der Waals surface area contributed by atoms with Crippen molar-refractivity contribution in [3.63, 3.8) is 0 Å². The summed E-state index contributed by atoms with van der Waals surface area (Å²) in [5, 5.41) is 3.46. The van der Waals surface area contributed by atoms with Crippen LogP contribution in [0.2, 0.25) is 10.0 Å². The van der Waals surface area contributed by atoms with Crippen molar-refractivity contribution in [1.29, 1.82) is 0 Å². The van der Waals surface area contributed by atoms with Gasteiger partial charge in [-0.25, -0.2) is 4.98 Å². The molecule has 0 aliphatic rings. The first-order chi connectivity index (χ1) is 12.1. The summed E-state index contributed by atoms with van der Waals surface area (Å²) in [5.41, 5.74) is 1.81. The number of pyridine rings is 1. The molecule has 0 bridgehead atoms. The highest BCUT2D eigenvalue weighted by Gasteiger charge is 2.32. The van der Waals surface area contributed by atoms with Crippen molar-refractivity contribution >= 4 is 52.3 Å². The maximum atomic E-state index is 12.6. The molecular weight excluding hydrogens is 412 g/mol. The van der Waals surface area contributed by atoms with Crippen LogP contribution in [0.3, 0.4) is 0 Å². The van der Waals surface area contributed by atoms with Crippen LogP contribution in [0.15, 0.2) is 36.5 Å². The zero-order chi connectivity index (χ0) is 19.5. The number of thiocarbonyl (C=S) groups is 1. The summed E-state index contributed by atoms with van der Waals surface area (Å²) in [7, 11) is 1.43. The Morgan fingerprint density at radius 2 is 1.88 bits per heavy atom. The molecule has 5 nitrogen and oxygen atoms in total. The molecule has 138 valence electrons. The first-order valence-electron chi connectivity index (χ1n) is 6.92. The van der Waals surface area contributed by atoms with E-state index in [0.29, 0.717) is 6.20 Å². The predicted octanol–water partition coefficient (Wildman–Crippen LogP) is 4.06. The Balaban J connectivity index is 2.05. The van der Waals surface area contributed by atoms with Crippen LogP contribution < -0.4 is 15.8 Å². The number of halogens is 5. The zero-order valence-electron chi connectivity index (χ0n) is 13.1. The quantitative estimate of drug-likeness (QED) is 0.576. The average Bonchev–Trinajstić information content (AvgIpc) is 2.53. The predicted molar refractivity (Wildman–Crippen MR) is 97.3 cm³/mol. The maximum Gasteiger partial charge on any atom is 0.417 e. The van der Waals surface area contributed by atoms with Crippen molar-refractivity contribution in [2.75, 3.05) is 12.1 Å². The molecule has 1 aromatic heterocycles. The van der Waals surface area contributed by atoms with E-state index in [1.54, 1.807) is 18.2 Å². The summed E-state index contributed by atoms with van der Waals surface area (Å²) in [5.74, 6) is -0.554. The molecule has 1 aromatic carbocycles. The number of rotatable bonds is 3. The molecule has 2 N–H and O–H groups in total. The maximum absolute atomic E-state index is 12.6. The summed E-state index contributed by atoms with van der Waals surface area (Å²) in [4.78, 5) is 15.8. The van der Waals surface area contributed by atoms with Gasteiger partial charge >= 0.3 is 6.18 Å². The average molecular weight is 423 g/mol. The number of hydrazine groups is 1. The number of nitrogens with one attached hydrogen (secondary N) is 2. The topological polar surface area (TPSA) is 57.3 Å². The van der Waals surface area contributed by atoms with Gasteiger partial charge in [0.15, 0.2) is 10.9 Å². The number of hydrogen-bond acceptors (Lipinski definition) is 4. The van der Waals surface area contributed by atoms with Crippen LogP contribution in [0.1, 0.15) is 15.9 Å². The van der Waals surface area contributed by atoms with E-state index in [-0.39, 0.29) is 26.5 Å². The number of alkyl halides is 3. The molecule has 0 aliphatic carbocycles. The monoisotopic (exact) mass is 422 g/mol. The van der Waals surface area contributed by atoms with Gasteiger partial charge in [0, 0.05) is 13.2 Å². The lowest BCUT2D eigenvalue weighted by molar-refractivity contribution is -0.137. The number of amides is 1. The second-order valence-corrected chi connectivity index (χ2v) is 6.18. The number of hydrogen-bond donors (Lipinski definition) is 2. The van der Waals surface area contributed by atoms with Crippen LogP contribution >= 0.6 is 35.4 Å². The lowest BCUT2D eigenvalue weighted by atomic mass is 10.2. The van der Waals surface area contributed by atoms with E-state index in [0.717, 1.165) is 6.07 Å². The van der Waals surface area contributed by atoms with Gasteiger partial charge < -0.3 is 0 Å². The second kappa shape index (κ2) is 8.07. The van der Waals surface area contributed by atoms with Crippen LogP contribution in [0.4, 0.5) is 19.0 Å². The smallest absolute Gasteiger partial charge is 0.298 e. The van der Waals surface area contributed by atoms with E-state index >= 15 is 0 Å². The molecule has 0 unspecified atom stereocenters. The molecule has 0 saturated carbocycles. The summed E-state index contributed by atoms with van der Waals surface area (Å²) < 4.78 is 37.9.